The van der Waals surface area contributed by atoms with Gasteiger partial charge in [0.1, 0.15) is 11.6 Å². The lowest BCUT2D eigenvalue weighted by molar-refractivity contribution is -0.117. The third-order valence-electron chi connectivity index (χ3n) is 4.39. The Morgan fingerprint density at radius 1 is 1.45 bits per heavy atom. The topological polar surface area (TPSA) is 59.3 Å². The van der Waals surface area contributed by atoms with E-state index in [0.29, 0.717) is 24.2 Å². The highest BCUT2D eigenvalue weighted by Crippen LogP contribution is 2.30. The second kappa shape index (κ2) is 6.46. The van der Waals surface area contributed by atoms with E-state index in [1.54, 1.807) is 13.1 Å². The molecule has 1 fully saturated rings. The Morgan fingerprint density at radius 2 is 2.32 bits per heavy atom. The SMILES string of the molecule is CCCc1cc(N[C@@H]2CC[C@@H](CC(C)=O)C2)n2nccc2n1. The van der Waals surface area contributed by atoms with E-state index in [4.69, 9.17) is 0 Å². The maximum absolute atomic E-state index is 11.3. The van der Waals surface area contributed by atoms with Crippen molar-refractivity contribution in [1.82, 2.24) is 14.6 Å². The monoisotopic (exact) mass is 300 g/mol. The minimum absolute atomic E-state index is 0.300. The van der Waals surface area contributed by atoms with Gasteiger partial charge in [0.25, 0.3) is 0 Å². The first-order valence-corrected chi connectivity index (χ1v) is 8.25. The maximum atomic E-state index is 11.3. The predicted molar refractivity (Wildman–Crippen MR) is 87.0 cm³/mol. The molecule has 0 saturated heterocycles. The summed E-state index contributed by atoms with van der Waals surface area (Å²) >= 11 is 0. The molecule has 5 heteroatoms. The van der Waals surface area contributed by atoms with Crippen LogP contribution in [0.2, 0.25) is 0 Å². The summed E-state index contributed by atoms with van der Waals surface area (Å²) in [5, 5.41) is 7.99. The number of hydrogen-bond donors (Lipinski definition) is 1. The number of anilines is 1. The van der Waals surface area contributed by atoms with Gasteiger partial charge in [-0.05, 0) is 38.5 Å². The van der Waals surface area contributed by atoms with Gasteiger partial charge < -0.3 is 10.1 Å². The minimum atomic E-state index is 0.300. The number of Topliss-reactive ketones (excluding diaryl/α,β-unsaturated/α-hetero) is 1. The summed E-state index contributed by atoms with van der Waals surface area (Å²) in [4.78, 5) is 15.9. The number of nitrogens with one attached hydrogen (secondary N) is 1. The summed E-state index contributed by atoms with van der Waals surface area (Å²) < 4.78 is 1.87. The van der Waals surface area contributed by atoms with Crippen molar-refractivity contribution in [2.75, 3.05) is 5.32 Å². The molecule has 1 N–H and O–H groups in total. The molecule has 2 heterocycles. The lowest BCUT2D eigenvalue weighted by Gasteiger charge is -2.16. The normalized spacial score (nSPS) is 21.4. The molecule has 0 unspecified atom stereocenters. The van der Waals surface area contributed by atoms with Crippen molar-refractivity contribution < 1.29 is 4.79 Å². The highest BCUT2D eigenvalue weighted by Gasteiger charge is 2.26. The standard InChI is InChI=1S/C17H24N4O/c1-3-4-14-11-17(21-16(19-14)7-8-18-21)20-15-6-5-13(10-15)9-12(2)22/h7-8,11,13,15,20H,3-6,9-10H2,1-2H3/t13-,15+/m0/s1. The Bertz CT molecular complexity index is 664. The molecule has 2 aromatic heterocycles. The van der Waals surface area contributed by atoms with Crippen LogP contribution < -0.4 is 5.32 Å². The fraction of sp³-hybridized carbons (Fsp3) is 0.588. The first-order chi connectivity index (χ1) is 10.7. The van der Waals surface area contributed by atoms with Crippen LogP contribution in [0.3, 0.4) is 0 Å². The first kappa shape index (κ1) is 15.0. The second-order valence-corrected chi connectivity index (χ2v) is 6.41. The van der Waals surface area contributed by atoms with Crippen LogP contribution in [0.5, 0.6) is 0 Å². The molecule has 1 aliphatic rings. The van der Waals surface area contributed by atoms with Crippen molar-refractivity contribution in [3.8, 4) is 0 Å². The molecule has 0 aliphatic heterocycles. The average molecular weight is 300 g/mol. The highest BCUT2D eigenvalue weighted by molar-refractivity contribution is 5.75. The molecule has 1 aliphatic carbocycles. The summed E-state index contributed by atoms with van der Waals surface area (Å²) in [6, 6.07) is 4.48. The van der Waals surface area contributed by atoms with Crippen LogP contribution in [-0.4, -0.2) is 26.4 Å². The van der Waals surface area contributed by atoms with Crippen LogP contribution in [0.25, 0.3) is 5.65 Å². The van der Waals surface area contributed by atoms with Crippen LogP contribution in [0.15, 0.2) is 18.3 Å². The molecule has 3 rings (SSSR count). The Morgan fingerprint density at radius 3 is 3.09 bits per heavy atom. The molecule has 0 bridgehead atoms. The number of nitrogens with zero attached hydrogens (tertiary/aromatic N) is 3. The summed E-state index contributed by atoms with van der Waals surface area (Å²) in [5.41, 5.74) is 2.00. The average Bonchev–Trinajstić information content (AvgIpc) is 3.08. The molecule has 118 valence electrons. The fourth-order valence-corrected chi connectivity index (χ4v) is 3.46. The van der Waals surface area contributed by atoms with E-state index in [2.05, 4.69) is 28.4 Å². The van der Waals surface area contributed by atoms with Crippen molar-refractivity contribution in [2.24, 2.45) is 5.92 Å². The molecule has 0 radical (unpaired) electrons. The van der Waals surface area contributed by atoms with Crippen molar-refractivity contribution in [3.05, 3.63) is 24.0 Å². The van der Waals surface area contributed by atoms with Gasteiger partial charge in [-0.1, -0.05) is 13.3 Å². The number of ketones is 1. The van der Waals surface area contributed by atoms with Gasteiger partial charge in [0.2, 0.25) is 0 Å². The zero-order valence-electron chi connectivity index (χ0n) is 13.4. The molecule has 0 spiro atoms. The second-order valence-electron chi connectivity index (χ2n) is 6.41. The molecule has 5 nitrogen and oxygen atoms in total. The highest BCUT2D eigenvalue weighted by atomic mass is 16.1. The van der Waals surface area contributed by atoms with E-state index < -0.39 is 0 Å². The Kier molecular flexibility index (Phi) is 4.41. The summed E-state index contributed by atoms with van der Waals surface area (Å²) in [6.07, 6.45) is 7.88. The Hall–Kier alpha value is -1.91. The molecule has 1 saturated carbocycles. The molecule has 0 aromatic carbocycles. The van der Waals surface area contributed by atoms with Crippen LogP contribution in [0.1, 0.15) is 51.6 Å². The number of aryl methyl sites for hydroxylation is 1. The molecular formula is C17H24N4O. The van der Waals surface area contributed by atoms with E-state index in [0.717, 1.165) is 49.3 Å². The number of carbonyl (C=O) groups excluding carboxylic acids is 1. The summed E-state index contributed by atoms with van der Waals surface area (Å²) in [5.74, 6) is 1.85. The number of carbonyl (C=O) groups is 1. The van der Waals surface area contributed by atoms with Crippen molar-refractivity contribution >= 4 is 17.2 Å². The van der Waals surface area contributed by atoms with Crippen LogP contribution in [0, 0.1) is 5.92 Å². The maximum Gasteiger partial charge on any atom is 0.157 e. The van der Waals surface area contributed by atoms with Crippen molar-refractivity contribution in [2.45, 2.75) is 58.4 Å². The quantitative estimate of drug-likeness (QED) is 0.889. The lowest BCUT2D eigenvalue weighted by atomic mass is 10.0. The van der Waals surface area contributed by atoms with Crippen LogP contribution >= 0.6 is 0 Å². The molecule has 0 amide bonds. The van der Waals surface area contributed by atoms with Gasteiger partial charge in [-0.2, -0.15) is 9.61 Å². The van der Waals surface area contributed by atoms with Crippen molar-refractivity contribution in [3.63, 3.8) is 0 Å². The lowest BCUT2D eigenvalue weighted by Crippen LogP contribution is -2.19. The van der Waals surface area contributed by atoms with E-state index in [1.165, 1.54) is 0 Å². The zero-order chi connectivity index (χ0) is 15.5. The van der Waals surface area contributed by atoms with E-state index in [9.17, 15) is 4.79 Å². The van der Waals surface area contributed by atoms with Gasteiger partial charge >= 0.3 is 0 Å². The van der Waals surface area contributed by atoms with Gasteiger partial charge in [-0.15, -0.1) is 0 Å². The minimum Gasteiger partial charge on any atom is -0.367 e. The van der Waals surface area contributed by atoms with E-state index in [-0.39, 0.29) is 0 Å². The third-order valence-corrected chi connectivity index (χ3v) is 4.39. The number of rotatable bonds is 6. The number of aromatic nitrogens is 3. The first-order valence-electron chi connectivity index (χ1n) is 8.25. The molecular weight excluding hydrogens is 276 g/mol. The van der Waals surface area contributed by atoms with E-state index in [1.807, 2.05) is 10.6 Å². The predicted octanol–water partition coefficient (Wildman–Crippen LogP) is 3.24. The zero-order valence-corrected chi connectivity index (χ0v) is 13.4. The van der Waals surface area contributed by atoms with Crippen LogP contribution in [0.4, 0.5) is 5.82 Å². The van der Waals surface area contributed by atoms with Crippen molar-refractivity contribution in [1.29, 1.82) is 0 Å². The number of fused-ring (bicyclic) bond motifs is 1. The Balaban J connectivity index is 1.76. The van der Waals surface area contributed by atoms with Gasteiger partial charge in [-0.3, -0.25) is 0 Å². The smallest absolute Gasteiger partial charge is 0.157 e. The molecule has 2 aromatic rings. The Labute approximate surface area is 131 Å². The van der Waals surface area contributed by atoms with Gasteiger partial charge in [0.15, 0.2) is 5.65 Å². The van der Waals surface area contributed by atoms with E-state index >= 15 is 0 Å². The van der Waals surface area contributed by atoms with Gasteiger partial charge in [-0.25, -0.2) is 4.98 Å². The largest absolute Gasteiger partial charge is 0.367 e. The molecule has 22 heavy (non-hydrogen) atoms. The number of hydrogen-bond acceptors (Lipinski definition) is 4. The summed E-state index contributed by atoms with van der Waals surface area (Å²) in [6.45, 7) is 3.85. The summed E-state index contributed by atoms with van der Waals surface area (Å²) in [7, 11) is 0. The third kappa shape index (κ3) is 3.29. The van der Waals surface area contributed by atoms with Crippen LogP contribution in [-0.2, 0) is 11.2 Å². The molecule has 2 atom stereocenters. The fourth-order valence-electron chi connectivity index (χ4n) is 3.46. The van der Waals surface area contributed by atoms with Gasteiger partial charge in [0, 0.05) is 30.3 Å². The van der Waals surface area contributed by atoms with Gasteiger partial charge in [0.05, 0.1) is 6.20 Å².